The minimum atomic E-state index is -1.53. The number of aryl methyl sites for hydroxylation is 1. The minimum Gasteiger partial charge on any atom is -0.478 e. The van der Waals surface area contributed by atoms with Crippen molar-refractivity contribution in [2.24, 2.45) is 0 Å². The van der Waals surface area contributed by atoms with Crippen molar-refractivity contribution in [3.63, 3.8) is 0 Å². The molecule has 10 heteroatoms. The van der Waals surface area contributed by atoms with Gasteiger partial charge in [-0.15, -0.1) is 0 Å². The smallest absolute Gasteiger partial charge is 0.337 e. The normalized spacial score (nSPS) is 16.0. The Balaban J connectivity index is 2.00. The highest BCUT2D eigenvalue weighted by molar-refractivity contribution is 14.1. The number of nitrogens with one attached hydrogen (secondary N) is 2. The zero-order chi connectivity index (χ0) is 21.3. The monoisotopic (exact) mass is 532 g/mol. The number of thioether (sulfide) groups is 1. The van der Waals surface area contributed by atoms with Crippen LogP contribution in [-0.4, -0.2) is 33.9 Å². The number of carbonyl (C=O) groups excluding carboxylic acids is 2. The number of benzene rings is 2. The summed E-state index contributed by atoms with van der Waals surface area (Å²) < 4.78 is 30.3. The first-order valence-corrected chi connectivity index (χ1v) is 10.5. The first-order valence-electron chi connectivity index (χ1n) is 8.45. The predicted molar refractivity (Wildman–Crippen MR) is 114 cm³/mol. The lowest BCUT2D eigenvalue weighted by Crippen LogP contribution is -2.37. The van der Waals surface area contributed by atoms with Crippen LogP contribution in [0.5, 0.6) is 0 Å². The van der Waals surface area contributed by atoms with Crippen LogP contribution in [0, 0.1) is 22.1 Å². The molecule has 1 unspecified atom stereocenters. The van der Waals surface area contributed by atoms with Crippen molar-refractivity contribution in [2.75, 3.05) is 11.1 Å². The van der Waals surface area contributed by atoms with Gasteiger partial charge in [0, 0.05) is 15.0 Å². The maximum atomic E-state index is 14.8. The van der Waals surface area contributed by atoms with Gasteiger partial charge in [-0.05, 0) is 65.8 Å². The van der Waals surface area contributed by atoms with E-state index in [0.29, 0.717) is 23.4 Å². The summed E-state index contributed by atoms with van der Waals surface area (Å²) in [7, 11) is 0. The van der Waals surface area contributed by atoms with E-state index in [1.807, 2.05) is 0 Å². The lowest BCUT2D eigenvalue weighted by molar-refractivity contribution is -0.112. The second kappa shape index (κ2) is 8.66. The van der Waals surface area contributed by atoms with Crippen LogP contribution in [-0.2, 0) is 4.79 Å². The Hall–Kier alpha value is -2.21. The van der Waals surface area contributed by atoms with Gasteiger partial charge < -0.3 is 15.7 Å². The fourth-order valence-corrected chi connectivity index (χ4v) is 4.43. The molecule has 1 atom stereocenters. The van der Waals surface area contributed by atoms with Crippen LogP contribution in [0.25, 0.3) is 0 Å². The Kier molecular flexibility index (Phi) is 6.42. The molecule has 2 aromatic carbocycles. The number of amides is 1. The fourth-order valence-electron chi connectivity index (χ4n) is 2.85. The van der Waals surface area contributed by atoms with E-state index in [2.05, 4.69) is 33.2 Å². The number of carboxylic acid groups (broad SMARTS) is 1. The predicted octanol–water partition coefficient (Wildman–Crippen LogP) is 4.08. The number of anilines is 2. The standard InChI is InChI=1S/C19H15F2IN2O4S/c1-8-6-9(22)2-3-12(8)23-16-11(18(26)27)7-10(14(20)15(16)21)17(25)24-13-4-5-29-19(13)28/h2-3,6-7,13,23H,4-5H2,1H3,(H,24,25)(H,26,27). The summed E-state index contributed by atoms with van der Waals surface area (Å²) in [6, 6.07) is 5.09. The largest absolute Gasteiger partial charge is 0.478 e. The lowest BCUT2D eigenvalue weighted by Gasteiger charge is -2.16. The molecule has 0 radical (unpaired) electrons. The van der Waals surface area contributed by atoms with Crippen LogP contribution >= 0.6 is 34.4 Å². The Morgan fingerprint density at radius 3 is 2.52 bits per heavy atom. The molecule has 6 nitrogen and oxygen atoms in total. The van der Waals surface area contributed by atoms with Crippen LogP contribution in [0.15, 0.2) is 24.3 Å². The van der Waals surface area contributed by atoms with E-state index in [-0.39, 0.29) is 5.12 Å². The van der Waals surface area contributed by atoms with E-state index >= 15 is 0 Å². The van der Waals surface area contributed by atoms with Crippen molar-refractivity contribution in [3.8, 4) is 0 Å². The second-order valence-electron chi connectivity index (χ2n) is 6.35. The van der Waals surface area contributed by atoms with Crippen molar-refractivity contribution in [2.45, 2.75) is 19.4 Å². The molecular formula is C19H15F2IN2O4S. The zero-order valence-corrected chi connectivity index (χ0v) is 18.0. The molecule has 1 aliphatic heterocycles. The van der Waals surface area contributed by atoms with Gasteiger partial charge in [-0.3, -0.25) is 9.59 Å². The summed E-state index contributed by atoms with van der Waals surface area (Å²) >= 11 is 3.13. The van der Waals surface area contributed by atoms with Crippen LogP contribution in [0.4, 0.5) is 20.2 Å². The number of hydrogen-bond acceptors (Lipinski definition) is 5. The van der Waals surface area contributed by atoms with Crippen molar-refractivity contribution in [3.05, 3.63) is 56.2 Å². The quantitative estimate of drug-likeness (QED) is 0.503. The molecule has 152 valence electrons. The van der Waals surface area contributed by atoms with Gasteiger partial charge in [-0.1, -0.05) is 11.8 Å². The minimum absolute atomic E-state index is 0.273. The molecule has 1 aliphatic rings. The van der Waals surface area contributed by atoms with Gasteiger partial charge in [0.1, 0.15) is 0 Å². The number of aromatic carboxylic acids is 1. The molecule has 0 aliphatic carbocycles. The van der Waals surface area contributed by atoms with Gasteiger partial charge in [-0.2, -0.15) is 0 Å². The first kappa shape index (κ1) is 21.5. The summed E-state index contributed by atoms with van der Waals surface area (Å²) in [6.07, 6.45) is 0.372. The lowest BCUT2D eigenvalue weighted by atomic mass is 10.0. The third-order valence-electron chi connectivity index (χ3n) is 4.37. The van der Waals surface area contributed by atoms with E-state index in [4.69, 9.17) is 0 Å². The average molecular weight is 532 g/mol. The fraction of sp³-hybridized carbons (Fsp3) is 0.211. The molecule has 0 saturated carbocycles. The van der Waals surface area contributed by atoms with Gasteiger partial charge in [0.05, 0.1) is 22.9 Å². The first-order chi connectivity index (χ1) is 13.7. The Bertz CT molecular complexity index is 1030. The molecule has 0 aromatic heterocycles. The molecule has 3 N–H and O–H groups in total. The number of rotatable bonds is 5. The molecule has 2 aromatic rings. The molecule has 1 saturated heterocycles. The summed E-state index contributed by atoms with van der Waals surface area (Å²) in [5, 5.41) is 14.2. The third kappa shape index (κ3) is 4.53. The van der Waals surface area contributed by atoms with Crippen molar-refractivity contribution >= 4 is 62.7 Å². The van der Waals surface area contributed by atoms with Crippen molar-refractivity contribution < 1.29 is 28.3 Å². The van der Waals surface area contributed by atoms with E-state index in [1.165, 1.54) is 0 Å². The highest BCUT2D eigenvalue weighted by Gasteiger charge is 2.30. The summed E-state index contributed by atoms with van der Waals surface area (Å²) in [4.78, 5) is 35.7. The second-order valence-corrected chi connectivity index (χ2v) is 8.69. The number of carbonyl (C=O) groups is 3. The SMILES string of the molecule is Cc1cc(I)ccc1Nc1c(C(=O)O)cc(C(=O)NC2CCSC2=O)c(F)c1F. The highest BCUT2D eigenvalue weighted by Crippen LogP contribution is 2.31. The highest BCUT2D eigenvalue weighted by atomic mass is 127. The molecule has 0 spiro atoms. The zero-order valence-electron chi connectivity index (χ0n) is 15.0. The van der Waals surface area contributed by atoms with Gasteiger partial charge in [0.2, 0.25) is 5.12 Å². The number of carboxylic acids is 1. The molecule has 1 heterocycles. The Labute approximate surface area is 182 Å². The average Bonchev–Trinajstić information content (AvgIpc) is 3.05. The van der Waals surface area contributed by atoms with E-state index in [1.54, 1.807) is 25.1 Å². The Morgan fingerprint density at radius 2 is 1.93 bits per heavy atom. The van der Waals surface area contributed by atoms with E-state index in [9.17, 15) is 28.3 Å². The van der Waals surface area contributed by atoms with Crippen LogP contribution in [0.1, 0.15) is 32.7 Å². The molecule has 1 amide bonds. The van der Waals surface area contributed by atoms with Crippen LogP contribution in [0.2, 0.25) is 0 Å². The van der Waals surface area contributed by atoms with Crippen LogP contribution < -0.4 is 10.6 Å². The summed E-state index contributed by atoms with van der Waals surface area (Å²) in [5.41, 5.74) is -0.846. The van der Waals surface area contributed by atoms with Crippen LogP contribution in [0.3, 0.4) is 0 Å². The maximum absolute atomic E-state index is 14.8. The van der Waals surface area contributed by atoms with Crippen molar-refractivity contribution in [1.82, 2.24) is 5.32 Å². The van der Waals surface area contributed by atoms with E-state index < -0.39 is 46.4 Å². The van der Waals surface area contributed by atoms with Crippen molar-refractivity contribution in [1.29, 1.82) is 0 Å². The Morgan fingerprint density at radius 1 is 1.21 bits per heavy atom. The topological polar surface area (TPSA) is 95.5 Å². The van der Waals surface area contributed by atoms with Gasteiger partial charge >= 0.3 is 5.97 Å². The molecule has 3 rings (SSSR count). The molecule has 29 heavy (non-hydrogen) atoms. The molecule has 1 fully saturated rings. The van der Waals surface area contributed by atoms with Gasteiger partial charge in [0.15, 0.2) is 11.6 Å². The number of halogens is 3. The molecular weight excluding hydrogens is 517 g/mol. The molecule has 0 bridgehead atoms. The maximum Gasteiger partial charge on any atom is 0.337 e. The van der Waals surface area contributed by atoms with E-state index in [0.717, 1.165) is 21.4 Å². The number of hydrogen-bond donors (Lipinski definition) is 3. The van der Waals surface area contributed by atoms with Gasteiger partial charge in [-0.25, -0.2) is 13.6 Å². The summed E-state index contributed by atoms with van der Waals surface area (Å²) in [6.45, 7) is 1.73. The summed E-state index contributed by atoms with van der Waals surface area (Å²) in [5.74, 6) is -5.03. The third-order valence-corrected chi connectivity index (χ3v) is 6.05. The van der Waals surface area contributed by atoms with Gasteiger partial charge in [0.25, 0.3) is 5.91 Å².